The second kappa shape index (κ2) is 6.03. The number of anilines is 1. The molecule has 0 bridgehead atoms. The number of aliphatic hydroxyl groups is 1. The summed E-state index contributed by atoms with van der Waals surface area (Å²) in [7, 11) is 1.99. The Morgan fingerprint density at radius 2 is 2.08 bits per heavy atom. The van der Waals surface area contributed by atoms with E-state index < -0.39 is 5.60 Å². The molecule has 0 radical (unpaired) electrons. The van der Waals surface area contributed by atoms with Gasteiger partial charge in [0, 0.05) is 19.7 Å². The van der Waals surface area contributed by atoms with Crippen molar-refractivity contribution in [2.75, 3.05) is 5.73 Å². The molecule has 3 N–H and O–H groups in total. The van der Waals surface area contributed by atoms with E-state index in [1.807, 2.05) is 45.2 Å². The molecule has 0 aliphatic rings. The minimum atomic E-state index is -0.730. The molecule has 4 aromatic heterocycles. The molecule has 26 heavy (non-hydrogen) atoms. The van der Waals surface area contributed by atoms with Gasteiger partial charge in [-0.25, -0.2) is 9.97 Å². The Morgan fingerprint density at radius 1 is 1.27 bits per heavy atom. The zero-order valence-electron chi connectivity index (χ0n) is 15.0. The van der Waals surface area contributed by atoms with E-state index in [2.05, 4.69) is 14.5 Å². The van der Waals surface area contributed by atoms with Gasteiger partial charge in [0.2, 0.25) is 0 Å². The number of nitrogen functional groups attached to an aromatic ring is 1. The second-order valence-electron chi connectivity index (χ2n) is 7.13. The number of nitrogens with zero attached hydrogens (tertiary/aromatic N) is 4. The van der Waals surface area contributed by atoms with Crippen LogP contribution in [-0.4, -0.2) is 30.2 Å². The van der Waals surface area contributed by atoms with E-state index in [1.54, 1.807) is 17.5 Å². The smallest absolute Gasteiger partial charge is 0.152 e. The predicted molar refractivity (Wildman–Crippen MR) is 106 cm³/mol. The highest BCUT2D eigenvalue weighted by Crippen LogP contribution is 2.37. The van der Waals surface area contributed by atoms with Crippen LogP contribution in [0.25, 0.3) is 31.8 Å². The van der Waals surface area contributed by atoms with Crippen molar-refractivity contribution in [3.05, 3.63) is 36.3 Å². The molecule has 0 fully saturated rings. The van der Waals surface area contributed by atoms with Crippen LogP contribution in [0.4, 0.5) is 5.82 Å². The van der Waals surface area contributed by atoms with Crippen molar-refractivity contribution in [3.63, 3.8) is 0 Å². The summed E-state index contributed by atoms with van der Waals surface area (Å²) in [6.07, 6.45) is 3.09. The lowest BCUT2D eigenvalue weighted by molar-refractivity contribution is 0.0707. The first kappa shape index (κ1) is 16.9. The number of nitrogens with two attached hydrogens (primary N) is 1. The number of hydrogen-bond donors (Lipinski definition) is 2. The number of rotatable bonds is 4. The number of imidazole rings is 1. The maximum absolute atomic E-state index is 10.0. The fraction of sp³-hybridized carbons (Fsp3) is 0.316. The SMILES string of the molecule is Cn1c(CCC(C)(C)O)nc2c(N)nc3cc(-c4ccccn4)sc3c21. The van der Waals surface area contributed by atoms with Gasteiger partial charge in [0.05, 0.1) is 31.9 Å². The molecule has 0 saturated heterocycles. The molecule has 0 unspecified atom stereocenters. The van der Waals surface area contributed by atoms with E-state index in [4.69, 9.17) is 10.7 Å². The van der Waals surface area contributed by atoms with Crippen molar-refractivity contribution in [3.8, 4) is 10.6 Å². The average molecular weight is 367 g/mol. The number of pyridine rings is 2. The van der Waals surface area contributed by atoms with E-state index in [0.29, 0.717) is 18.7 Å². The van der Waals surface area contributed by atoms with Gasteiger partial charge >= 0.3 is 0 Å². The fourth-order valence-corrected chi connectivity index (χ4v) is 4.23. The van der Waals surface area contributed by atoms with Crippen LogP contribution in [0.3, 0.4) is 0 Å². The third-order valence-corrected chi connectivity index (χ3v) is 5.63. The van der Waals surface area contributed by atoms with Gasteiger partial charge in [-0.05, 0) is 38.5 Å². The highest BCUT2D eigenvalue weighted by molar-refractivity contribution is 7.23. The van der Waals surface area contributed by atoms with Gasteiger partial charge in [-0.3, -0.25) is 4.98 Å². The van der Waals surface area contributed by atoms with Gasteiger partial charge < -0.3 is 15.4 Å². The molecule has 4 rings (SSSR count). The summed E-state index contributed by atoms with van der Waals surface area (Å²) in [5, 5.41) is 10.0. The van der Waals surface area contributed by atoms with Crippen LogP contribution < -0.4 is 5.73 Å². The minimum absolute atomic E-state index is 0.433. The third kappa shape index (κ3) is 2.93. The van der Waals surface area contributed by atoms with E-state index >= 15 is 0 Å². The summed E-state index contributed by atoms with van der Waals surface area (Å²) < 4.78 is 3.12. The quantitative estimate of drug-likeness (QED) is 0.576. The number of thiophene rings is 1. The highest BCUT2D eigenvalue weighted by atomic mass is 32.1. The topological polar surface area (TPSA) is 89.8 Å². The fourth-order valence-electron chi connectivity index (χ4n) is 3.08. The first-order valence-corrected chi connectivity index (χ1v) is 9.33. The maximum Gasteiger partial charge on any atom is 0.152 e. The van der Waals surface area contributed by atoms with E-state index in [1.165, 1.54) is 0 Å². The number of aryl methyl sites for hydroxylation is 2. The normalized spacial score (nSPS) is 12.3. The summed E-state index contributed by atoms with van der Waals surface area (Å²) in [5.74, 6) is 1.33. The summed E-state index contributed by atoms with van der Waals surface area (Å²) in [6, 6.07) is 7.90. The van der Waals surface area contributed by atoms with Crippen LogP contribution in [0.5, 0.6) is 0 Å². The molecule has 134 valence electrons. The largest absolute Gasteiger partial charge is 0.390 e. The van der Waals surface area contributed by atoms with E-state index in [0.717, 1.165) is 37.6 Å². The Balaban J connectivity index is 1.88. The van der Waals surface area contributed by atoms with E-state index in [9.17, 15) is 5.11 Å². The standard InChI is InChI=1S/C19H21N5OS/c1-19(2,25)8-7-14-23-15-16(24(14)3)17-12(22-18(15)20)10-13(26-17)11-6-4-5-9-21-11/h4-6,9-10,25H,7-8H2,1-3H3,(H2,20,22). The van der Waals surface area contributed by atoms with Crippen LogP contribution in [0, 0.1) is 0 Å². The predicted octanol–water partition coefficient (Wildman–Crippen LogP) is 3.53. The van der Waals surface area contributed by atoms with Gasteiger partial charge in [0.1, 0.15) is 11.3 Å². The zero-order valence-corrected chi connectivity index (χ0v) is 15.8. The zero-order chi connectivity index (χ0) is 18.5. The number of fused-ring (bicyclic) bond motifs is 3. The van der Waals surface area contributed by atoms with Gasteiger partial charge in [-0.2, -0.15) is 0 Å². The molecule has 0 aliphatic heterocycles. The lowest BCUT2D eigenvalue weighted by Crippen LogP contribution is -2.20. The monoisotopic (exact) mass is 367 g/mol. The van der Waals surface area contributed by atoms with Gasteiger partial charge in [0.25, 0.3) is 0 Å². The maximum atomic E-state index is 10.0. The molecule has 0 amide bonds. The Bertz CT molecular complexity index is 1090. The summed E-state index contributed by atoms with van der Waals surface area (Å²) in [6.45, 7) is 3.62. The molecule has 0 aliphatic carbocycles. The van der Waals surface area contributed by atoms with Crippen LogP contribution in [0.15, 0.2) is 30.5 Å². The Kier molecular flexibility index (Phi) is 3.93. The van der Waals surface area contributed by atoms with Crippen molar-refractivity contribution < 1.29 is 5.11 Å². The molecule has 4 heterocycles. The summed E-state index contributed by atoms with van der Waals surface area (Å²) in [5.41, 5.74) is 8.95. The summed E-state index contributed by atoms with van der Waals surface area (Å²) >= 11 is 1.65. The lowest BCUT2D eigenvalue weighted by atomic mass is 10.0. The number of aromatic nitrogens is 4. The van der Waals surface area contributed by atoms with E-state index in [-0.39, 0.29) is 0 Å². The van der Waals surface area contributed by atoms with Crippen molar-refractivity contribution >= 4 is 38.4 Å². The van der Waals surface area contributed by atoms with Crippen LogP contribution >= 0.6 is 11.3 Å². The molecule has 4 aromatic rings. The second-order valence-corrected chi connectivity index (χ2v) is 8.19. The Labute approximate surface area is 155 Å². The molecule has 0 spiro atoms. The van der Waals surface area contributed by atoms with Crippen LogP contribution in [0.1, 0.15) is 26.1 Å². The molecule has 7 heteroatoms. The first-order valence-electron chi connectivity index (χ1n) is 8.51. The molecule has 0 aromatic carbocycles. The van der Waals surface area contributed by atoms with Gasteiger partial charge in [0.15, 0.2) is 5.82 Å². The van der Waals surface area contributed by atoms with Crippen molar-refractivity contribution in [1.29, 1.82) is 0 Å². The Hall–Kier alpha value is -2.51. The highest BCUT2D eigenvalue weighted by Gasteiger charge is 2.20. The van der Waals surface area contributed by atoms with Crippen molar-refractivity contribution in [2.24, 2.45) is 7.05 Å². The van der Waals surface area contributed by atoms with Crippen molar-refractivity contribution in [2.45, 2.75) is 32.3 Å². The molecular formula is C19H21N5OS. The minimum Gasteiger partial charge on any atom is -0.390 e. The molecule has 0 saturated carbocycles. The summed E-state index contributed by atoms with van der Waals surface area (Å²) in [4.78, 5) is 14.7. The number of hydrogen-bond acceptors (Lipinski definition) is 6. The van der Waals surface area contributed by atoms with Gasteiger partial charge in [-0.1, -0.05) is 6.07 Å². The van der Waals surface area contributed by atoms with Crippen LogP contribution in [-0.2, 0) is 13.5 Å². The van der Waals surface area contributed by atoms with Crippen LogP contribution in [0.2, 0.25) is 0 Å². The average Bonchev–Trinajstić information content (AvgIpc) is 3.15. The Morgan fingerprint density at radius 3 is 2.77 bits per heavy atom. The van der Waals surface area contributed by atoms with Crippen molar-refractivity contribution in [1.82, 2.24) is 19.5 Å². The third-order valence-electron chi connectivity index (χ3n) is 4.48. The molecular weight excluding hydrogens is 346 g/mol. The molecule has 6 nitrogen and oxygen atoms in total. The van der Waals surface area contributed by atoms with Gasteiger partial charge in [-0.15, -0.1) is 11.3 Å². The lowest BCUT2D eigenvalue weighted by Gasteiger charge is -2.16. The first-order chi connectivity index (χ1) is 12.3. The molecule has 0 atom stereocenters.